The summed E-state index contributed by atoms with van der Waals surface area (Å²) in [7, 11) is 0. The largest absolute Gasteiger partial charge is 0.349 e. The number of nitrogens with one attached hydrogen (secondary N) is 3. The molecule has 26 heavy (non-hydrogen) atoms. The van der Waals surface area contributed by atoms with Crippen LogP contribution in [0.4, 0.5) is 0 Å². The van der Waals surface area contributed by atoms with Gasteiger partial charge in [0.2, 0.25) is 5.91 Å². The van der Waals surface area contributed by atoms with Gasteiger partial charge >= 0.3 is 0 Å². The van der Waals surface area contributed by atoms with Gasteiger partial charge < -0.3 is 15.6 Å². The number of amides is 1. The highest BCUT2D eigenvalue weighted by molar-refractivity contribution is 5.77. The summed E-state index contributed by atoms with van der Waals surface area (Å²) < 4.78 is 0. The number of nitrogens with zero attached hydrogens (tertiary/aromatic N) is 1. The third-order valence-corrected chi connectivity index (χ3v) is 4.86. The highest BCUT2D eigenvalue weighted by Gasteiger charge is 2.38. The second-order valence-electron chi connectivity index (χ2n) is 8.68. The maximum Gasteiger partial charge on any atom is 0.258 e. The van der Waals surface area contributed by atoms with Crippen LogP contribution in [0.15, 0.2) is 29.1 Å². The van der Waals surface area contributed by atoms with E-state index in [9.17, 15) is 9.59 Å². The van der Waals surface area contributed by atoms with Crippen molar-refractivity contribution in [2.45, 2.75) is 64.6 Å². The first-order valence-corrected chi connectivity index (χ1v) is 9.18. The Balaban J connectivity index is 1.62. The Morgan fingerprint density at radius 3 is 2.54 bits per heavy atom. The number of rotatable bonds is 4. The standard InChI is InChI=1S/C20H28N4O2/c1-19(2)10-13(11-20(3,4)24-19)9-17(25)21-12-16-22-15-8-6-5-7-14(15)18(26)23-16/h5-8,13,24H,9-12H2,1-4H3,(H,21,25)(H,22,23,26). The molecule has 3 N–H and O–H groups in total. The van der Waals surface area contributed by atoms with E-state index in [1.54, 1.807) is 12.1 Å². The number of aromatic amines is 1. The van der Waals surface area contributed by atoms with Gasteiger partial charge in [-0.15, -0.1) is 0 Å². The highest BCUT2D eigenvalue weighted by atomic mass is 16.1. The molecule has 1 aromatic heterocycles. The van der Waals surface area contributed by atoms with Crippen molar-refractivity contribution in [3.63, 3.8) is 0 Å². The van der Waals surface area contributed by atoms with E-state index in [0.29, 0.717) is 29.1 Å². The van der Waals surface area contributed by atoms with E-state index in [-0.39, 0.29) is 29.1 Å². The Bertz CT molecular complexity index is 853. The molecule has 6 nitrogen and oxygen atoms in total. The van der Waals surface area contributed by atoms with Crippen LogP contribution in [-0.2, 0) is 11.3 Å². The minimum atomic E-state index is -0.179. The first kappa shape index (κ1) is 18.6. The van der Waals surface area contributed by atoms with Crippen LogP contribution in [0.1, 0.15) is 52.8 Å². The summed E-state index contributed by atoms with van der Waals surface area (Å²) in [5.74, 6) is 0.817. The van der Waals surface area contributed by atoms with Gasteiger partial charge in [0.25, 0.3) is 5.56 Å². The molecule has 1 aromatic carbocycles. The van der Waals surface area contributed by atoms with Gasteiger partial charge in [-0.05, 0) is 58.6 Å². The summed E-state index contributed by atoms with van der Waals surface area (Å²) >= 11 is 0. The maximum absolute atomic E-state index is 12.4. The average Bonchev–Trinajstić information content (AvgIpc) is 2.50. The predicted octanol–water partition coefficient (Wildman–Crippen LogP) is 2.49. The van der Waals surface area contributed by atoms with E-state index >= 15 is 0 Å². The number of carbonyl (C=O) groups is 1. The van der Waals surface area contributed by atoms with Crippen LogP contribution in [0.3, 0.4) is 0 Å². The van der Waals surface area contributed by atoms with Crippen molar-refractivity contribution in [3.8, 4) is 0 Å². The molecule has 1 saturated heterocycles. The molecule has 0 saturated carbocycles. The van der Waals surface area contributed by atoms with E-state index in [4.69, 9.17) is 0 Å². The lowest BCUT2D eigenvalue weighted by Gasteiger charge is -2.46. The lowest BCUT2D eigenvalue weighted by molar-refractivity contribution is -0.122. The monoisotopic (exact) mass is 356 g/mol. The Morgan fingerprint density at radius 2 is 1.85 bits per heavy atom. The molecule has 140 valence electrons. The second kappa shape index (κ2) is 6.83. The van der Waals surface area contributed by atoms with Crippen LogP contribution in [0.2, 0.25) is 0 Å². The molecule has 6 heteroatoms. The van der Waals surface area contributed by atoms with Crippen LogP contribution in [0.5, 0.6) is 0 Å². The van der Waals surface area contributed by atoms with Crippen molar-refractivity contribution in [1.82, 2.24) is 20.6 Å². The number of benzene rings is 1. The molecule has 2 aromatic rings. The van der Waals surface area contributed by atoms with Crippen molar-refractivity contribution < 1.29 is 4.79 Å². The Labute approximate surface area is 153 Å². The van der Waals surface area contributed by atoms with E-state index in [1.807, 2.05) is 12.1 Å². The molecule has 0 spiro atoms. The third-order valence-electron chi connectivity index (χ3n) is 4.86. The van der Waals surface area contributed by atoms with Gasteiger partial charge in [-0.2, -0.15) is 0 Å². The first-order chi connectivity index (χ1) is 12.1. The van der Waals surface area contributed by atoms with Gasteiger partial charge in [-0.1, -0.05) is 12.1 Å². The van der Waals surface area contributed by atoms with E-state index < -0.39 is 0 Å². The van der Waals surface area contributed by atoms with Gasteiger partial charge in [-0.25, -0.2) is 4.98 Å². The fraction of sp³-hybridized carbons (Fsp3) is 0.550. The topological polar surface area (TPSA) is 86.9 Å². The number of H-pyrrole nitrogens is 1. The highest BCUT2D eigenvalue weighted by Crippen LogP contribution is 2.34. The van der Waals surface area contributed by atoms with Crippen molar-refractivity contribution in [1.29, 1.82) is 0 Å². The van der Waals surface area contributed by atoms with Gasteiger partial charge in [0, 0.05) is 17.5 Å². The van der Waals surface area contributed by atoms with Crippen LogP contribution < -0.4 is 16.2 Å². The SMILES string of the molecule is CC1(C)CC(CC(=O)NCc2nc3ccccc3c(=O)[nH]2)CC(C)(C)N1. The lowest BCUT2D eigenvalue weighted by atomic mass is 9.74. The summed E-state index contributed by atoms with van der Waals surface area (Å²) in [5.41, 5.74) is 0.513. The number of hydrogen-bond donors (Lipinski definition) is 3. The molecule has 2 heterocycles. The van der Waals surface area contributed by atoms with Crippen molar-refractivity contribution >= 4 is 16.8 Å². The average molecular weight is 356 g/mol. The molecule has 1 aliphatic heterocycles. The van der Waals surface area contributed by atoms with Gasteiger partial charge in [-0.3, -0.25) is 9.59 Å². The summed E-state index contributed by atoms with van der Waals surface area (Å²) in [6, 6.07) is 7.19. The Morgan fingerprint density at radius 1 is 1.19 bits per heavy atom. The predicted molar refractivity (Wildman–Crippen MR) is 103 cm³/mol. The number of para-hydroxylation sites is 1. The molecular formula is C20H28N4O2. The third kappa shape index (κ3) is 4.49. The number of piperidine rings is 1. The van der Waals surface area contributed by atoms with E-state index in [0.717, 1.165) is 12.8 Å². The van der Waals surface area contributed by atoms with E-state index in [1.165, 1.54) is 0 Å². The van der Waals surface area contributed by atoms with E-state index in [2.05, 4.69) is 48.3 Å². The minimum Gasteiger partial charge on any atom is -0.349 e. The summed E-state index contributed by atoms with van der Waals surface area (Å²) in [4.78, 5) is 31.7. The maximum atomic E-state index is 12.4. The van der Waals surface area contributed by atoms with Crippen LogP contribution in [0.25, 0.3) is 10.9 Å². The zero-order valence-electron chi connectivity index (χ0n) is 16.0. The zero-order valence-corrected chi connectivity index (χ0v) is 16.0. The van der Waals surface area contributed by atoms with Crippen molar-refractivity contribution in [2.24, 2.45) is 5.92 Å². The summed E-state index contributed by atoms with van der Waals surface area (Å²) in [6.07, 6.45) is 2.43. The van der Waals surface area contributed by atoms with Crippen LogP contribution in [0, 0.1) is 5.92 Å². The van der Waals surface area contributed by atoms with Crippen LogP contribution >= 0.6 is 0 Å². The Kier molecular flexibility index (Phi) is 4.88. The summed E-state index contributed by atoms with van der Waals surface area (Å²) in [6.45, 7) is 8.97. The number of fused-ring (bicyclic) bond motifs is 1. The fourth-order valence-electron chi connectivity index (χ4n) is 4.41. The van der Waals surface area contributed by atoms with Gasteiger partial charge in [0.1, 0.15) is 5.82 Å². The smallest absolute Gasteiger partial charge is 0.258 e. The second-order valence-corrected chi connectivity index (χ2v) is 8.68. The van der Waals surface area contributed by atoms with Crippen molar-refractivity contribution in [3.05, 3.63) is 40.4 Å². The van der Waals surface area contributed by atoms with Gasteiger partial charge in [0.15, 0.2) is 0 Å². The molecule has 0 atom stereocenters. The van der Waals surface area contributed by atoms with Gasteiger partial charge in [0.05, 0.1) is 17.4 Å². The molecular weight excluding hydrogens is 328 g/mol. The minimum absolute atomic E-state index is 0.000641. The molecule has 0 unspecified atom stereocenters. The number of carbonyl (C=O) groups excluding carboxylic acids is 1. The normalized spacial score (nSPS) is 19.4. The quantitative estimate of drug-likeness (QED) is 0.785. The molecule has 0 radical (unpaired) electrons. The molecule has 3 rings (SSSR count). The molecule has 0 bridgehead atoms. The molecule has 1 aliphatic rings. The van der Waals surface area contributed by atoms with Crippen molar-refractivity contribution in [2.75, 3.05) is 0 Å². The lowest BCUT2D eigenvalue weighted by Crippen LogP contribution is -2.58. The Hall–Kier alpha value is -2.21. The molecule has 0 aliphatic carbocycles. The molecule has 1 amide bonds. The number of hydrogen-bond acceptors (Lipinski definition) is 4. The molecule has 1 fully saturated rings. The van der Waals surface area contributed by atoms with Crippen LogP contribution in [-0.4, -0.2) is 27.0 Å². The number of aromatic nitrogens is 2. The zero-order chi connectivity index (χ0) is 18.9. The summed E-state index contributed by atoms with van der Waals surface area (Å²) in [5, 5.41) is 7.09. The fourth-order valence-corrected chi connectivity index (χ4v) is 4.41. The first-order valence-electron chi connectivity index (χ1n) is 9.18.